The highest BCUT2D eigenvalue weighted by atomic mass is 32.2. The maximum atomic E-state index is 11.9. The zero-order chi connectivity index (χ0) is 14.3. The molecule has 0 aromatic heterocycles. The number of sulfonamides is 1. The highest BCUT2D eigenvalue weighted by Gasteiger charge is 2.36. The molecular formula is C12H16N2O4S. The van der Waals surface area contributed by atoms with E-state index in [1.165, 1.54) is 26.2 Å². The molecule has 1 amide bonds. The summed E-state index contributed by atoms with van der Waals surface area (Å²) < 4.78 is 29.9. The van der Waals surface area contributed by atoms with Gasteiger partial charge in [0.05, 0.1) is 10.4 Å². The van der Waals surface area contributed by atoms with Crippen molar-refractivity contribution in [1.82, 2.24) is 9.62 Å². The summed E-state index contributed by atoms with van der Waals surface area (Å²) in [5, 5.41) is 2.71. The molecule has 0 spiro atoms. The van der Waals surface area contributed by atoms with Gasteiger partial charge in [0.15, 0.2) is 0 Å². The van der Waals surface area contributed by atoms with Crippen molar-refractivity contribution in [3.05, 3.63) is 29.8 Å². The number of carbonyl (C=O) groups excluding carboxylic acids is 1. The summed E-state index contributed by atoms with van der Waals surface area (Å²) >= 11 is 0. The normalized spacial score (nSPS) is 23.3. The van der Waals surface area contributed by atoms with E-state index in [-0.39, 0.29) is 11.5 Å². The van der Waals surface area contributed by atoms with E-state index in [1.807, 2.05) is 6.92 Å². The number of cyclic esters (lactones) is 1. The highest BCUT2D eigenvalue weighted by Crippen LogP contribution is 2.26. The Bertz CT molecular complexity index is 595. The molecule has 1 heterocycles. The van der Waals surface area contributed by atoms with E-state index in [2.05, 4.69) is 5.32 Å². The van der Waals surface area contributed by atoms with Crippen molar-refractivity contribution in [3.8, 4) is 0 Å². The predicted octanol–water partition coefficient (Wildman–Crippen LogP) is 0.892. The molecule has 0 bridgehead atoms. The Hall–Kier alpha value is -1.60. The van der Waals surface area contributed by atoms with Gasteiger partial charge in [-0.25, -0.2) is 17.5 Å². The smallest absolute Gasteiger partial charge is 0.408 e. The summed E-state index contributed by atoms with van der Waals surface area (Å²) in [7, 11) is -0.470. The van der Waals surface area contributed by atoms with Crippen molar-refractivity contribution in [3.63, 3.8) is 0 Å². The molecule has 1 fully saturated rings. The van der Waals surface area contributed by atoms with Gasteiger partial charge < -0.3 is 10.1 Å². The number of amides is 1. The SMILES string of the molecule is CN(C)S(=O)(=O)c1ccc(C2(C)COC(=O)N2)cc1. The van der Waals surface area contributed by atoms with Gasteiger partial charge in [-0.2, -0.15) is 0 Å². The molecule has 0 radical (unpaired) electrons. The van der Waals surface area contributed by atoms with Crippen molar-refractivity contribution in [2.75, 3.05) is 20.7 Å². The Balaban J connectivity index is 2.32. The van der Waals surface area contributed by atoms with Gasteiger partial charge in [-0.3, -0.25) is 0 Å². The first-order valence-corrected chi connectivity index (χ1v) is 7.18. The first-order valence-electron chi connectivity index (χ1n) is 5.74. The van der Waals surface area contributed by atoms with Crippen molar-refractivity contribution >= 4 is 16.1 Å². The molecule has 19 heavy (non-hydrogen) atoms. The number of hydrogen-bond acceptors (Lipinski definition) is 4. The van der Waals surface area contributed by atoms with Gasteiger partial charge in [-0.05, 0) is 24.6 Å². The van der Waals surface area contributed by atoms with Crippen molar-refractivity contribution in [2.24, 2.45) is 0 Å². The largest absolute Gasteiger partial charge is 0.447 e. The standard InChI is InChI=1S/C12H16N2O4S/c1-12(8-18-11(15)13-12)9-4-6-10(7-5-9)19(16,17)14(2)3/h4-7H,8H2,1-3H3,(H,13,15). The Labute approximate surface area is 112 Å². The zero-order valence-electron chi connectivity index (χ0n) is 11.0. The summed E-state index contributed by atoms with van der Waals surface area (Å²) in [5.41, 5.74) is 0.188. The predicted molar refractivity (Wildman–Crippen MR) is 69.2 cm³/mol. The molecule has 2 rings (SSSR count). The Morgan fingerprint density at radius 3 is 2.26 bits per heavy atom. The van der Waals surface area contributed by atoms with Crippen molar-refractivity contribution < 1.29 is 17.9 Å². The van der Waals surface area contributed by atoms with E-state index in [4.69, 9.17) is 4.74 Å². The van der Waals surface area contributed by atoms with Crippen LogP contribution in [0.15, 0.2) is 29.2 Å². The van der Waals surface area contributed by atoms with Crippen LogP contribution in [-0.4, -0.2) is 39.5 Å². The van der Waals surface area contributed by atoms with Crippen LogP contribution in [0.2, 0.25) is 0 Å². The molecule has 1 aliphatic heterocycles. The molecule has 1 aliphatic rings. The number of benzene rings is 1. The van der Waals surface area contributed by atoms with Gasteiger partial charge in [-0.15, -0.1) is 0 Å². The fraction of sp³-hybridized carbons (Fsp3) is 0.417. The summed E-state index contributed by atoms with van der Waals surface area (Å²) in [6.07, 6.45) is -0.465. The number of nitrogens with one attached hydrogen (secondary N) is 1. The number of alkyl carbamates (subject to hydrolysis) is 1. The van der Waals surface area contributed by atoms with Gasteiger partial charge in [-0.1, -0.05) is 12.1 Å². The monoisotopic (exact) mass is 284 g/mol. The first kappa shape index (κ1) is 13.8. The van der Waals surface area contributed by atoms with Crippen LogP contribution in [-0.2, 0) is 20.3 Å². The van der Waals surface area contributed by atoms with Crippen LogP contribution in [0.25, 0.3) is 0 Å². The maximum absolute atomic E-state index is 11.9. The molecule has 1 saturated heterocycles. The molecule has 1 N–H and O–H groups in total. The Morgan fingerprint density at radius 2 is 1.84 bits per heavy atom. The van der Waals surface area contributed by atoms with Gasteiger partial charge >= 0.3 is 6.09 Å². The van der Waals surface area contributed by atoms with Crippen LogP contribution in [0.5, 0.6) is 0 Å². The second-order valence-electron chi connectivity index (χ2n) is 4.85. The third-order valence-electron chi connectivity index (χ3n) is 3.14. The maximum Gasteiger partial charge on any atom is 0.408 e. The fourth-order valence-corrected chi connectivity index (χ4v) is 2.77. The molecule has 1 unspecified atom stereocenters. The number of rotatable bonds is 3. The minimum atomic E-state index is -3.43. The van der Waals surface area contributed by atoms with Crippen LogP contribution in [0.1, 0.15) is 12.5 Å². The second kappa shape index (κ2) is 4.50. The number of ether oxygens (including phenoxy) is 1. The lowest BCUT2D eigenvalue weighted by atomic mass is 9.94. The lowest BCUT2D eigenvalue weighted by Crippen LogP contribution is -2.37. The van der Waals surface area contributed by atoms with Gasteiger partial charge in [0.25, 0.3) is 0 Å². The lowest BCUT2D eigenvalue weighted by molar-refractivity contribution is 0.173. The molecule has 0 aliphatic carbocycles. The molecule has 7 heteroatoms. The highest BCUT2D eigenvalue weighted by molar-refractivity contribution is 7.89. The Morgan fingerprint density at radius 1 is 1.26 bits per heavy atom. The molecule has 6 nitrogen and oxygen atoms in total. The lowest BCUT2D eigenvalue weighted by Gasteiger charge is -2.22. The summed E-state index contributed by atoms with van der Waals surface area (Å²) in [4.78, 5) is 11.3. The van der Waals surface area contributed by atoms with Gasteiger partial charge in [0.2, 0.25) is 10.0 Å². The van der Waals surface area contributed by atoms with Crippen molar-refractivity contribution in [1.29, 1.82) is 0 Å². The second-order valence-corrected chi connectivity index (χ2v) is 7.00. The average molecular weight is 284 g/mol. The third kappa shape index (κ3) is 2.43. The molecule has 104 valence electrons. The van der Waals surface area contributed by atoms with Gasteiger partial charge in [0.1, 0.15) is 6.61 Å². The molecule has 1 aromatic rings. The number of hydrogen-bond donors (Lipinski definition) is 1. The molecular weight excluding hydrogens is 268 g/mol. The number of nitrogens with zero attached hydrogens (tertiary/aromatic N) is 1. The molecule has 0 saturated carbocycles. The van der Waals surface area contributed by atoms with E-state index in [1.54, 1.807) is 12.1 Å². The molecule has 1 atom stereocenters. The van der Waals surface area contributed by atoms with E-state index in [0.29, 0.717) is 0 Å². The van der Waals surface area contributed by atoms with Crippen LogP contribution in [0.4, 0.5) is 4.79 Å². The summed E-state index contributed by atoms with van der Waals surface area (Å²) in [6, 6.07) is 6.43. The van der Waals surface area contributed by atoms with Crippen LogP contribution < -0.4 is 5.32 Å². The van der Waals surface area contributed by atoms with Crippen LogP contribution in [0, 0.1) is 0 Å². The van der Waals surface area contributed by atoms with E-state index >= 15 is 0 Å². The van der Waals surface area contributed by atoms with E-state index in [9.17, 15) is 13.2 Å². The summed E-state index contributed by atoms with van der Waals surface area (Å²) in [5.74, 6) is 0. The quantitative estimate of drug-likeness (QED) is 0.894. The topological polar surface area (TPSA) is 75.7 Å². The van der Waals surface area contributed by atoms with Crippen LogP contribution in [0.3, 0.4) is 0 Å². The summed E-state index contributed by atoms with van der Waals surface area (Å²) in [6.45, 7) is 2.05. The van der Waals surface area contributed by atoms with E-state index in [0.717, 1.165) is 9.87 Å². The molecule has 1 aromatic carbocycles. The zero-order valence-corrected chi connectivity index (χ0v) is 11.8. The minimum absolute atomic E-state index is 0.218. The van der Waals surface area contributed by atoms with Gasteiger partial charge in [0, 0.05) is 14.1 Å². The first-order chi connectivity index (χ1) is 8.75. The fourth-order valence-electron chi connectivity index (χ4n) is 1.87. The number of carbonyl (C=O) groups is 1. The van der Waals surface area contributed by atoms with E-state index < -0.39 is 21.7 Å². The average Bonchev–Trinajstić information content (AvgIpc) is 2.70. The Kier molecular flexibility index (Phi) is 3.27. The van der Waals surface area contributed by atoms with Crippen LogP contribution >= 0.6 is 0 Å². The van der Waals surface area contributed by atoms with Crippen molar-refractivity contribution in [2.45, 2.75) is 17.4 Å². The minimum Gasteiger partial charge on any atom is -0.447 e. The third-order valence-corrected chi connectivity index (χ3v) is 4.97.